The number of carbonyl (C=O) groups excluding carboxylic acids is 3. The maximum Gasteiger partial charge on any atom is 0.335 e. The van der Waals surface area contributed by atoms with Gasteiger partial charge in [0.05, 0.1) is 5.69 Å². The van der Waals surface area contributed by atoms with Crippen LogP contribution in [-0.4, -0.2) is 22.4 Å². The van der Waals surface area contributed by atoms with E-state index in [0.29, 0.717) is 12.2 Å². The lowest BCUT2D eigenvalue weighted by Crippen LogP contribution is -2.54. The Morgan fingerprint density at radius 3 is 2.16 bits per heavy atom. The Labute approximate surface area is 265 Å². The molecule has 3 aromatic carbocycles. The van der Waals surface area contributed by atoms with Crippen molar-refractivity contribution in [3.05, 3.63) is 105 Å². The van der Waals surface area contributed by atoms with Gasteiger partial charge in [0.15, 0.2) is 0 Å². The highest BCUT2D eigenvalue weighted by Gasteiger charge is 2.51. The first-order chi connectivity index (χ1) is 21.3. The van der Waals surface area contributed by atoms with Gasteiger partial charge in [-0.1, -0.05) is 58.4 Å². The third kappa shape index (κ3) is 4.47. The van der Waals surface area contributed by atoms with Crippen molar-refractivity contribution in [3.8, 4) is 0 Å². The van der Waals surface area contributed by atoms with Gasteiger partial charge >= 0.3 is 6.03 Å². The molecule has 0 radical (unpaired) electrons. The van der Waals surface area contributed by atoms with Crippen molar-refractivity contribution < 1.29 is 14.4 Å². The van der Waals surface area contributed by atoms with Crippen LogP contribution in [0.3, 0.4) is 0 Å². The zero-order valence-electron chi connectivity index (χ0n) is 24.7. The lowest BCUT2D eigenvalue weighted by atomic mass is 9.48. The molecule has 44 heavy (non-hydrogen) atoms. The van der Waals surface area contributed by atoms with E-state index in [0.717, 1.165) is 54.9 Å². The Balaban J connectivity index is 1.13. The number of benzene rings is 3. The van der Waals surface area contributed by atoms with Gasteiger partial charge in [-0.2, -0.15) is 0 Å². The van der Waals surface area contributed by atoms with Crippen LogP contribution in [0.2, 0.25) is 0 Å². The van der Waals surface area contributed by atoms with Crippen LogP contribution in [-0.2, 0) is 21.5 Å². The average molecular weight is 649 g/mol. The molecule has 1 aromatic heterocycles. The summed E-state index contributed by atoms with van der Waals surface area (Å²) in [5.41, 5.74) is 5.86. The quantitative estimate of drug-likeness (QED) is 0.177. The van der Waals surface area contributed by atoms with Crippen molar-refractivity contribution >= 4 is 56.4 Å². The first kappa shape index (κ1) is 27.6. The molecule has 0 atom stereocenters. The molecule has 2 heterocycles. The molecule has 5 aliphatic rings. The molecule has 7 heteroatoms. The molecule has 6 nitrogen and oxygen atoms in total. The van der Waals surface area contributed by atoms with Gasteiger partial charge in [-0.25, -0.2) is 9.69 Å². The average Bonchev–Trinajstić information content (AvgIpc) is 3.26. The summed E-state index contributed by atoms with van der Waals surface area (Å²) in [5, 5.41) is 3.36. The first-order valence-corrected chi connectivity index (χ1v) is 16.4. The minimum Gasteiger partial charge on any atom is -0.340 e. The van der Waals surface area contributed by atoms with Crippen molar-refractivity contribution in [2.24, 2.45) is 17.8 Å². The fourth-order valence-corrected chi connectivity index (χ4v) is 9.34. The molecule has 5 fully saturated rings. The zero-order chi connectivity index (χ0) is 30.2. The number of fused-ring (bicyclic) bond motifs is 1. The first-order valence-electron chi connectivity index (χ1n) is 15.6. The van der Waals surface area contributed by atoms with Crippen LogP contribution >= 0.6 is 15.9 Å². The van der Waals surface area contributed by atoms with Crippen LogP contribution in [0.4, 0.5) is 10.5 Å². The van der Waals surface area contributed by atoms with Crippen LogP contribution in [0.25, 0.3) is 17.0 Å². The van der Waals surface area contributed by atoms with Crippen LogP contribution in [0.15, 0.2) is 82.8 Å². The standard InChI is InChI=1S/C37H34BrN3O3/c1-22-31(30-4-2-3-5-33(30)40(22)21-23-6-10-28(38)11-7-23)17-32-34(42)39-36(44)41(35(32)43)29-12-8-27(9-13-29)37-18-24-14-25(19-37)16-26(15-24)20-37/h2-13,17,24-26H,14-16,18-21H2,1H3,(H,39,42,44)/b32-17+. The molecule has 4 saturated carbocycles. The number of halogens is 1. The monoisotopic (exact) mass is 647 g/mol. The molecule has 1 saturated heterocycles. The number of imide groups is 2. The van der Waals surface area contributed by atoms with Crippen molar-refractivity contribution in [1.82, 2.24) is 9.88 Å². The number of hydrogen-bond acceptors (Lipinski definition) is 3. The van der Waals surface area contributed by atoms with Crippen LogP contribution in [0.5, 0.6) is 0 Å². The van der Waals surface area contributed by atoms with Gasteiger partial charge in [0, 0.05) is 33.2 Å². The molecule has 1 aliphatic heterocycles. The minimum atomic E-state index is -0.714. The van der Waals surface area contributed by atoms with E-state index in [4.69, 9.17) is 0 Å². The topological polar surface area (TPSA) is 71.4 Å². The van der Waals surface area contributed by atoms with E-state index in [1.54, 1.807) is 6.08 Å². The molecule has 1 N–H and O–H groups in total. The van der Waals surface area contributed by atoms with E-state index >= 15 is 0 Å². The normalized spacial score (nSPS) is 27.0. The van der Waals surface area contributed by atoms with Gasteiger partial charge in [0.1, 0.15) is 5.57 Å². The number of amides is 4. The van der Waals surface area contributed by atoms with E-state index in [9.17, 15) is 14.4 Å². The predicted molar refractivity (Wildman–Crippen MR) is 175 cm³/mol. The number of para-hydroxylation sites is 1. The van der Waals surface area contributed by atoms with Crippen LogP contribution in [0.1, 0.15) is 60.9 Å². The third-order valence-corrected chi connectivity index (χ3v) is 11.2. The summed E-state index contributed by atoms with van der Waals surface area (Å²) in [7, 11) is 0. The second kappa shape index (κ2) is 10.3. The van der Waals surface area contributed by atoms with Gasteiger partial charge < -0.3 is 4.57 Å². The Kier molecular flexibility index (Phi) is 6.45. The summed E-state index contributed by atoms with van der Waals surface area (Å²) in [6.45, 7) is 2.65. The molecule has 4 aliphatic carbocycles. The van der Waals surface area contributed by atoms with Crippen molar-refractivity contribution in [2.75, 3.05) is 4.90 Å². The fourth-order valence-electron chi connectivity index (χ4n) is 9.08. The number of barbiturate groups is 1. The predicted octanol–water partition coefficient (Wildman–Crippen LogP) is 7.89. The van der Waals surface area contributed by atoms with E-state index in [1.807, 2.05) is 55.5 Å². The Hall–Kier alpha value is -3.97. The summed E-state index contributed by atoms with van der Waals surface area (Å²) in [4.78, 5) is 41.2. The number of rotatable bonds is 5. The highest BCUT2D eigenvalue weighted by atomic mass is 79.9. The number of aromatic nitrogens is 1. The lowest BCUT2D eigenvalue weighted by molar-refractivity contribution is -0.122. The fraction of sp³-hybridized carbons (Fsp3) is 0.324. The molecule has 4 aromatic rings. The van der Waals surface area contributed by atoms with Gasteiger partial charge in [0.25, 0.3) is 11.8 Å². The summed E-state index contributed by atoms with van der Waals surface area (Å²) in [6, 6.07) is 23.5. The summed E-state index contributed by atoms with van der Waals surface area (Å²) >= 11 is 3.50. The van der Waals surface area contributed by atoms with Crippen molar-refractivity contribution in [1.29, 1.82) is 0 Å². The summed E-state index contributed by atoms with van der Waals surface area (Å²) in [5.74, 6) is 1.21. The van der Waals surface area contributed by atoms with E-state index in [2.05, 4.69) is 50.1 Å². The Bertz CT molecular complexity index is 1830. The van der Waals surface area contributed by atoms with E-state index in [1.165, 1.54) is 44.1 Å². The molecular formula is C37H34BrN3O3. The van der Waals surface area contributed by atoms with Crippen molar-refractivity contribution in [2.45, 2.75) is 57.4 Å². The zero-order valence-corrected chi connectivity index (χ0v) is 26.3. The number of nitrogens with zero attached hydrogens (tertiary/aromatic N) is 2. The van der Waals surface area contributed by atoms with Gasteiger partial charge in [-0.3, -0.25) is 14.9 Å². The molecule has 0 unspecified atom stereocenters. The molecule has 222 valence electrons. The highest BCUT2D eigenvalue weighted by Crippen LogP contribution is 2.60. The Morgan fingerprint density at radius 1 is 0.864 bits per heavy atom. The number of anilines is 1. The summed E-state index contributed by atoms with van der Waals surface area (Å²) < 4.78 is 3.21. The van der Waals surface area contributed by atoms with Crippen molar-refractivity contribution in [3.63, 3.8) is 0 Å². The number of urea groups is 1. The third-order valence-electron chi connectivity index (χ3n) is 10.7. The van der Waals surface area contributed by atoms with Gasteiger partial charge in [-0.15, -0.1) is 0 Å². The number of nitrogens with one attached hydrogen (secondary N) is 1. The SMILES string of the molecule is Cc1c(/C=C2\C(=O)NC(=O)N(c3ccc(C45CC6CC(CC(C6)C4)C5)cc3)C2=O)c2ccccc2n1Cc1ccc(Br)cc1. The number of carbonyl (C=O) groups is 3. The molecule has 4 bridgehead atoms. The largest absolute Gasteiger partial charge is 0.340 e. The molecule has 0 spiro atoms. The molecule has 4 amide bonds. The van der Waals surface area contributed by atoms with Crippen LogP contribution < -0.4 is 10.2 Å². The lowest BCUT2D eigenvalue weighted by Gasteiger charge is -2.57. The minimum absolute atomic E-state index is 0.0515. The summed E-state index contributed by atoms with van der Waals surface area (Å²) in [6.07, 6.45) is 9.53. The van der Waals surface area contributed by atoms with Gasteiger partial charge in [0.2, 0.25) is 0 Å². The second-order valence-electron chi connectivity index (χ2n) is 13.4. The second-order valence-corrected chi connectivity index (χ2v) is 14.3. The molecule has 9 rings (SSSR count). The molecular weight excluding hydrogens is 614 g/mol. The maximum atomic E-state index is 13.9. The smallest absolute Gasteiger partial charge is 0.335 e. The van der Waals surface area contributed by atoms with Gasteiger partial charge in [-0.05, 0) is 116 Å². The van der Waals surface area contributed by atoms with E-state index in [-0.39, 0.29) is 11.0 Å². The van der Waals surface area contributed by atoms with Crippen LogP contribution in [0, 0.1) is 24.7 Å². The van der Waals surface area contributed by atoms with E-state index < -0.39 is 17.8 Å². The maximum absolute atomic E-state index is 13.9. The highest BCUT2D eigenvalue weighted by molar-refractivity contribution is 9.10. The number of hydrogen-bond donors (Lipinski definition) is 1. The Morgan fingerprint density at radius 2 is 1.50 bits per heavy atom.